The van der Waals surface area contributed by atoms with Crippen molar-refractivity contribution in [3.05, 3.63) is 23.2 Å². The van der Waals surface area contributed by atoms with Gasteiger partial charge in [0.25, 0.3) is 0 Å². The van der Waals surface area contributed by atoms with Gasteiger partial charge in [-0.1, -0.05) is 11.3 Å². The molecule has 0 saturated carbocycles. The number of hydrogen-bond donors (Lipinski definition) is 1. The number of benzene rings is 1. The minimum atomic E-state index is 0.366. The molecule has 2 aromatic rings. The molecule has 1 aromatic carbocycles. The quantitative estimate of drug-likeness (QED) is 0.907. The number of aryl methyl sites for hydroxylation is 1. The number of ether oxygens (including phenoxy) is 2. The highest BCUT2D eigenvalue weighted by molar-refractivity contribution is 7.15. The van der Waals surface area contributed by atoms with Gasteiger partial charge in [-0.25, -0.2) is 0 Å². The third-order valence-electron chi connectivity index (χ3n) is 3.93. The molecule has 1 N–H and O–H groups in total. The smallest absolute Gasteiger partial charge is 0.208 e. The van der Waals surface area contributed by atoms with Gasteiger partial charge in [-0.2, -0.15) is 0 Å². The van der Waals surface area contributed by atoms with Gasteiger partial charge < -0.3 is 19.7 Å². The van der Waals surface area contributed by atoms with Gasteiger partial charge in [0.15, 0.2) is 0 Å². The van der Waals surface area contributed by atoms with Crippen molar-refractivity contribution in [3.8, 4) is 11.5 Å². The molecule has 1 aliphatic rings. The molecule has 1 saturated heterocycles. The molecule has 7 heteroatoms. The van der Waals surface area contributed by atoms with Gasteiger partial charge in [0.05, 0.1) is 14.2 Å². The van der Waals surface area contributed by atoms with Gasteiger partial charge in [0.1, 0.15) is 16.5 Å². The van der Waals surface area contributed by atoms with Crippen molar-refractivity contribution in [1.82, 2.24) is 10.2 Å². The average molecular weight is 334 g/mol. The van der Waals surface area contributed by atoms with Crippen LogP contribution in [0.25, 0.3) is 0 Å². The lowest BCUT2D eigenvalue weighted by Crippen LogP contribution is -2.42. The topological polar surface area (TPSA) is 59.5 Å². The summed E-state index contributed by atoms with van der Waals surface area (Å²) in [6.45, 7) is 3.95. The number of aromatic nitrogens is 2. The van der Waals surface area contributed by atoms with E-state index in [4.69, 9.17) is 9.47 Å². The highest BCUT2D eigenvalue weighted by Gasteiger charge is 2.22. The highest BCUT2D eigenvalue weighted by Crippen LogP contribution is 2.28. The van der Waals surface area contributed by atoms with Crippen molar-refractivity contribution in [2.75, 3.05) is 37.5 Å². The molecule has 0 aliphatic carbocycles. The number of hydrogen-bond acceptors (Lipinski definition) is 7. The van der Waals surface area contributed by atoms with Gasteiger partial charge >= 0.3 is 0 Å². The number of piperidine rings is 1. The fraction of sp³-hybridized carbons (Fsp3) is 0.500. The van der Waals surface area contributed by atoms with Crippen LogP contribution in [0.15, 0.2) is 18.2 Å². The molecule has 2 heterocycles. The fourth-order valence-electron chi connectivity index (χ4n) is 2.81. The Kier molecular flexibility index (Phi) is 4.85. The van der Waals surface area contributed by atoms with Crippen LogP contribution in [0, 0.1) is 6.92 Å². The highest BCUT2D eigenvalue weighted by atomic mass is 32.1. The maximum absolute atomic E-state index is 5.33. The first-order chi connectivity index (χ1) is 11.2. The summed E-state index contributed by atoms with van der Waals surface area (Å²) in [4.78, 5) is 2.31. The van der Waals surface area contributed by atoms with Crippen LogP contribution in [-0.2, 0) is 0 Å². The molecule has 0 bridgehead atoms. The Balaban J connectivity index is 1.70. The largest absolute Gasteiger partial charge is 0.497 e. The van der Waals surface area contributed by atoms with E-state index in [1.54, 1.807) is 25.6 Å². The molecule has 3 rings (SSSR count). The molecule has 6 nitrogen and oxygen atoms in total. The van der Waals surface area contributed by atoms with Crippen LogP contribution in [0.5, 0.6) is 11.5 Å². The number of anilines is 2. The van der Waals surface area contributed by atoms with Crippen LogP contribution in [-0.4, -0.2) is 43.5 Å². The summed E-state index contributed by atoms with van der Waals surface area (Å²) in [6.07, 6.45) is 2.27. The normalized spacial score (nSPS) is 17.9. The summed E-state index contributed by atoms with van der Waals surface area (Å²) in [7, 11) is 3.33. The second-order valence-electron chi connectivity index (χ2n) is 5.63. The standard InChI is InChI=1S/C16H22N4O2S/c1-11-18-19-16(23-11)20-6-4-5-12(10-20)17-13-7-14(21-2)9-15(8-13)22-3/h7-9,12,17H,4-6,10H2,1-3H3. The van der Waals surface area contributed by atoms with E-state index < -0.39 is 0 Å². The van der Waals surface area contributed by atoms with Gasteiger partial charge in [-0.05, 0) is 19.8 Å². The molecular weight excluding hydrogens is 312 g/mol. The van der Waals surface area contributed by atoms with Crippen molar-refractivity contribution in [3.63, 3.8) is 0 Å². The van der Waals surface area contributed by atoms with E-state index in [-0.39, 0.29) is 0 Å². The lowest BCUT2D eigenvalue weighted by molar-refractivity contribution is 0.394. The first-order valence-corrected chi connectivity index (χ1v) is 8.54. The van der Waals surface area contributed by atoms with Crippen LogP contribution in [0.4, 0.5) is 10.8 Å². The fourth-order valence-corrected chi connectivity index (χ4v) is 3.53. The second-order valence-corrected chi connectivity index (χ2v) is 6.79. The molecule has 0 spiro atoms. The van der Waals surface area contributed by atoms with E-state index in [2.05, 4.69) is 20.4 Å². The van der Waals surface area contributed by atoms with Gasteiger partial charge in [0, 0.05) is 43.0 Å². The van der Waals surface area contributed by atoms with E-state index >= 15 is 0 Å². The summed E-state index contributed by atoms with van der Waals surface area (Å²) in [5, 5.41) is 14.0. The summed E-state index contributed by atoms with van der Waals surface area (Å²) in [5.74, 6) is 1.58. The summed E-state index contributed by atoms with van der Waals surface area (Å²) >= 11 is 1.65. The number of rotatable bonds is 5. The third-order valence-corrected chi connectivity index (χ3v) is 4.83. The molecular formula is C16H22N4O2S. The van der Waals surface area contributed by atoms with Crippen LogP contribution < -0.4 is 19.7 Å². The van der Waals surface area contributed by atoms with Gasteiger partial charge in [-0.3, -0.25) is 0 Å². The average Bonchev–Trinajstić information content (AvgIpc) is 3.01. The van der Waals surface area contributed by atoms with Crippen LogP contribution in [0.1, 0.15) is 17.8 Å². The lowest BCUT2D eigenvalue weighted by Gasteiger charge is -2.33. The predicted molar refractivity (Wildman–Crippen MR) is 93.0 cm³/mol. The van der Waals surface area contributed by atoms with Gasteiger partial charge in [0.2, 0.25) is 5.13 Å². The monoisotopic (exact) mass is 334 g/mol. The van der Waals surface area contributed by atoms with E-state index in [9.17, 15) is 0 Å². The number of nitrogens with one attached hydrogen (secondary N) is 1. The molecule has 0 amide bonds. The molecule has 1 aromatic heterocycles. The predicted octanol–water partition coefficient (Wildman–Crippen LogP) is 2.94. The van der Waals surface area contributed by atoms with Crippen molar-refractivity contribution >= 4 is 22.2 Å². The van der Waals surface area contributed by atoms with E-state index in [1.807, 2.05) is 25.1 Å². The molecule has 23 heavy (non-hydrogen) atoms. The maximum atomic E-state index is 5.33. The minimum absolute atomic E-state index is 0.366. The third kappa shape index (κ3) is 3.85. The van der Waals surface area contributed by atoms with E-state index in [1.165, 1.54) is 0 Å². The van der Waals surface area contributed by atoms with Crippen molar-refractivity contribution < 1.29 is 9.47 Å². The summed E-state index contributed by atoms with van der Waals surface area (Å²) < 4.78 is 10.7. The second kappa shape index (κ2) is 7.04. The van der Waals surface area contributed by atoms with Gasteiger partial charge in [-0.15, -0.1) is 10.2 Å². The molecule has 1 unspecified atom stereocenters. The zero-order chi connectivity index (χ0) is 16.2. The zero-order valence-corrected chi connectivity index (χ0v) is 14.5. The van der Waals surface area contributed by atoms with E-state index in [0.29, 0.717) is 6.04 Å². The molecule has 1 atom stereocenters. The lowest BCUT2D eigenvalue weighted by atomic mass is 10.1. The molecule has 1 fully saturated rings. The maximum Gasteiger partial charge on any atom is 0.208 e. The molecule has 124 valence electrons. The zero-order valence-electron chi connectivity index (χ0n) is 13.7. The number of methoxy groups -OCH3 is 2. The van der Waals surface area contributed by atoms with E-state index in [0.717, 1.165) is 53.3 Å². The Morgan fingerprint density at radius 2 is 1.91 bits per heavy atom. The Hall–Kier alpha value is -2.02. The first kappa shape index (κ1) is 15.9. The van der Waals surface area contributed by atoms with Crippen molar-refractivity contribution in [1.29, 1.82) is 0 Å². The first-order valence-electron chi connectivity index (χ1n) is 7.72. The van der Waals surface area contributed by atoms with Crippen molar-refractivity contribution in [2.45, 2.75) is 25.8 Å². The summed E-state index contributed by atoms with van der Waals surface area (Å²) in [5.41, 5.74) is 1.02. The van der Waals surface area contributed by atoms with Crippen molar-refractivity contribution in [2.24, 2.45) is 0 Å². The molecule has 0 radical (unpaired) electrons. The van der Waals surface area contributed by atoms with Crippen LogP contribution in [0.3, 0.4) is 0 Å². The van der Waals surface area contributed by atoms with Crippen LogP contribution >= 0.6 is 11.3 Å². The molecule has 1 aliphatic heterocycles. The Morgan fingerprint density at radius 1 is 1.17 bits per heavy atom. The Labute approximate surface area is 140 Å². The Morgan fingerprint density at radius 3 is 2.52 bits per heavy atom. The Bertz CT molecular complexity index is 639. The summed E-state index contributed by atoms with van der Waals surface area (Å²) in [6, 6.07) is 6.24. The SMILES string of the molecule is COc1cc(NC2CCCN(c3nnc(C)s3)C2)cc(OC)c1. The minimum Gasteiger partial charge on any atom is -0.497 e. The number of nitrogens with zero attached hydrogens (tertiary/aromatic N) is 3. The van der Waals surface area contributed by atoms with Crippen LogP contribution in [0.2, 0.25) is 0 Å².